The van der Waals surface area contributed by atoms with Crippen LogP contribution in [-0.2, 0) is 33.2 Å². The normalized spacial score (nSPS) is 28.3. The van der Waals surface area contributed by atoms with Gasteiger partial charge in [-0.3, -0.25) is 4.79 Å². The third kappa shape index (κ3) is 34.5. The summed E-state index contributed by atoms with van der Waals surface area (Å²) in [7, 11) is 0. The van der Waals surface area contributed by atoms with Gasteiger partial charge in [0.1, 0.15) is 73.2 Å². The number of amides is 1. The Labute approximate surface area is 537 Å². The lowest BCUT2D eigenvalue weighted by Crippen LogP contribution is -2.66. The molecule has 0 bridgehead atoms. The first-order valence-electron chi connectivity index (χ1n) is 36.1. The Hall–Kier alpha value is -1.73. The van der Waals surface area contributed by atoms with Crippen molar-refractivity contribution in [1.29, 1.82) is 0 Å². The Bertz CT molecular complexity index is 1710. The fourth-order valence-electron chi connectivity index (χ4n) is 12.4. The maximum atomic E-state index is 13.4. The largest absolute Gasteiger partial charge is 0.394 e. The Kier molecular flexibility index (Phi) is 48.1. The van der Waals surface area contributed by atoms with Crippen LogP contribution in [0, 0.1) is 0 Å². The molecule has 89 heavy (non-hydrogen) atoms. The van der Waals surface area contributed by atoms with Gasteiger partial charge in [-0.2, -0.15) is 0 Å². The second kappa shape index (κ2) is 52.5. The lowest BCUT2D eigenvalue weighted by molar-refractivity contribution is -0.379. The Balaban J connectivity index is 1.44. The minimum atomic E-state index is -1.98. The summed E-state index contributed by atoms with van der Waals surface area (Å²) in [5.41, 5.74) is 0. The van der Waals surface area contributed by atoms with Crippen LogP contribution in [0.4, 0.5) is 0 Å². The van der Waals surface area contributed by atoms with Crippen molar-refractivity contribution in [2.45, 2.75) is 388 Å². The van der Waals surface area contributed by atoms with E-state index in [1.807, 2.05) is 6.08 Å². The summed E-state index contributed by atoms with van der Waals surface area (Å²) in [6, 6.07) is -0.987. The van der Waals surface area contributed by atoms with Crippen molar-refractivity contribution in [1.82, 2.24) is 5.32 Å². The molecule has 3 aliphatic heterocycles. The van der Waals surface area contributed by atoms with E-state index in [0.717, 1.165) is 38.5 Å². The standard InChI is InChI=1S/C70H131NO18/c1-3-5-7-9-11-13-15-17-19-21-23-25-26-28-29-31-33-35-37-39-41-43-45-47-54(75)53(71-58(76)48-46-44-42-40-38-36-34-32-30-27-24-22-20-18-16-14-12-10-8-6-4-2)52-84-68-64(82)61(79)66(56(50-73)86-68)89-70-65(83)62(80)67(57(51-74)87-70)88-69-63(81)60(78)59(77)55(49-72)85-69/h37,39,45,47,53-57,59-70,72-75,77-83H,3-36,38,40-44,46,48-52H2,1-2H3,(H,71,76)/b39-37+,47-45+. The summed E-state index contributed by atoms with van der Waals surface area (Å²) in [5.74, 6) is -0.279. The number of allylic oxidation sites excluding steroid dienone is 3. The van der Waals surface area contributed by atoms with Gasteiger partial charge in [-0.15, -0.1) is 0 Å². The molecule has 17 unspecified atom stereocenters. The molecular formula is C70H131NO18. The van der Waals surface area contributed by atoms with Crippen LogP contribution in [-0.4, -0.2) is 193 Å². The lowest BCUT2D eigenvalue weighted by Gasteiger charge is -2.48. The first-order chi connectivity index (χ1) is 43.3. The number of aliphatic hydroxyl groups excluding tert-OH is 11. The molecule has 1 amide bonds. The molecule has 19 nitrogen and oxygen atoms in total. The number of carbonyl (C=O) groups excluding carboxylic acids is 1. The number of hydrogen-bond donors (Lipinski definition) is 12. The molecular weight excluding hydrogens is 1140 g/mol. The van der Waals surface area contributed by atoms with E-state index in [1.165, 1.54) is 212 Å². The summed E-state index contributed by atoms with van der Waals surface area (Å²) in [6.07, 6.45) is 33.0. The zero-order valence-electron chi connectivity index (χ0n) is 55.4. The van der Waals surface area contributed by atoms with Crippen LogP contribution in [0.3, 0.4) is 0 Å². The van der Waals surface area contributed by atoms with Crippen LogP contribution in [0.1, 0.15) is 284 Å². The van der Waals surface area contributed by atoms with Crippen molar-refractivity contribution in [3.05, 3.63) is 24.3 Å². The molecule has 3 rings (SSSR count). The monoisotopic (exact) mass is 1270 g/mol. The third-order valence-corrected chi connectivity index (χ3v) is 18.3. The number of aliphatic hydroxyl groups is 11. The van der Waals surface area contributed by atoms with Gasteiger partial charge in [0, 0.05) is 6.42 Å². The molecule has 3 saturated heterocycles. The topological polar surface area (TPSA) is 307 Å². The number of nitrogens with one attached hydrogen (secondary N) is 1. The molecule has 3 fully saturated rings. The fraction of sp³-hybridized carbons (Fsp3) is 0.929. The number of ether oxygens (including phenoxy) is 6. The van der Waals surface area contributed by atoms with Crippen LogP contribution < -0.4 is 5.32 Å². The van der Waals surface area contributed by atoms with Crippen molar-refractivity contribution in [2.75, 3.05) is 26.4 Å². The number of rotatable bonds is 56. The molecule has 12 N–H and O–H groups in total. The Morgan fingerprint density at radius 1 is 0.393 bits per heavy atom. The molecule has 3 heterocycles. The van der Waals surface area contributed by atoms with Crippen LogP contribution in [0.15, 0.2) is 24.3 Å². The van der Waals surface area contributed by atoms with Gasteiger partial charge in [0.25, 0.3) is 0 Å². The third-order valence-electron chi connectivity index (χ3n) is 18.3. The van der Waals surface area contributed by atoms with Gasteiger partial charge >= 0.3 is 0 Å². The maximum Gasteiger partial charge on any atom is 0.220 e. The lowest BCUT2D eigenvalue weighted by atomic mass is 9.96. The SMILES string of the molecule is CCCCCCCCCCCCCCCCCCC/C=C/CC/C=C/C(O)C(COC1OC(CO)C(OC2OC(CO)C(OC3OC(CO)C(O)C(O)C3O)C(O)C2O)C(O)C1O)NC(=O)CCCCCCCCCCCCCCCCCCCCCCC. The van der Waals surface area contributed by atoms with Crippen molar-refractivity contribution < 1.29 is 89.4 Å². The zero-order valence-corrected chi connectivity index (χ0v) is 55.4. The van der Waals surface area contributed by atoms with Gasteiger partial charge in [-0.25, -0.2) is 0 Å². The van der Waals surface area contributed by atoms with E-state index in [-0.39, 0.29) is 18.9 Å². The average Bonchev–Trinajstić information content (AvgIpc) is 1.97. The first-order valence-corrected chi connectivity index (χ1v) is 36.1. The van der Waals surface area contributed by atoms with Gasteiger partial charge < -0.3 is 89.9 Å². The number of unbranched alkanes of at least 4 members (excludes halogenated alkanes) is 38. The predicted octanol–water partition coefficient (Wildman–Crippen LogP) is 9.83. The van der Waals surface area contributed by atoms with E-state index in [4.69, 9.17) is 28.4 Å². The van der Waals surface area contributed by atoms with E-state index in [0.29, 0.717) is 12.8 Å². The first kappa shape index (κ1) is 81.5. The molecule has 19 heteroatoms. The number of hydrogen-bond acceptors (Lipinski definition) is 18. The van der Waals surface area contributed by atoms with E-state index in [2.05, 4.69) is 31.3 Å². The molecule has 17 atom stereocenters. The van der Waals surface area contributed by atoms with Gasteiger partial charge in [0.2, 0.25) is 5.91 Å². The Morgan fingerprint density at radius 3 is 1.12 bits per heavy atom. The average molecular weight is 1270 g/mol. The van der Waals surface area contributed by atoms with Gasteiger partial charge in [-0.05, 0) is 32.1 Å². The minimum absolute atomic E-state index is 0.241. The minimum Gasteiger partial charge on any atom is -0.394 e. The van der Waals surface area contributed by atoms with E-state index < -0.39 is 124 Å². The molecule has 0 aromatic heterocycles. The summed E-state index contributed by atoms with van der Waals surface area (Å²) in [4.78, 5) is 13.4. The van der Waals surface area contributed by atoms with E-state index in [1.54, 1.807) is 6.08 Å². The highest BCUT2D eigenvalue weighted by Crippen LogP contribution is 2.33. The smallest absolute Gasteiger partial charge is 0.220 e. The molecule has 3 aliphatic rings. The second-order valence-corrected chi connectivity index (χ2v) is 26.1. The summed E-state index contributed by atoms with van der Waals surface area (Å²) in [6.45, 7) is 1.76. The zero-order chi connectivity index (χ0) is 64.7. The molecule has 0 radical (unpaired) electrons. The van der Waals surface area contributed by atoms with Gasteiger partial charge in [0.05, 0.1) is 38.6 Å². The highest BCUT2D eigenvalue weighted by Gasteiger charge is 2.53. The highest BCUT2D eigenvalue weighted by atomic mass is 16.8. The summed E-state index contributed by atoms with van der Waals surface area (Å²) in [5, 5.41) is 121. The van der Waals surface area contributed by atoms with Crippen molar-refractivity contribution in [2.24, 2.45) is 0 Å². The van der Waals surface area contributed by atoms with Crippen LogP contribution in [0.2, 0.25) is 0 Å². The summed E-state index contributed by atoms with van der Waals surface area (Å²) >= 11 is 0. The van der Waals surface area contributed by atoms with Crippen molar-refractivity contribution in [3.63, 3.8) is 0 Å². The molecule has 0 aromatic carbocycles. The van der Waals surface area contributed by atoms with Crippen molar-refractivity contribution >= 4 is 5.91 Å². The van der Waals surface area contributed by atoms with Crippen LogP contribution in [0.25, 0.3) is 0 Å². The van der Waals surface area contributed by atoms with Crippen LogP contribution in [0.5, 0.6) is 0 Å². The second-order valence-electron chi connectivity index (χ2n) is 26.1. The predicted molar refractivity (Wildman–Crippen MR) is 346 cm³/mol. The van der Waals surface area contributed by atoms with Gasteiger partial charge in [-0.1, -0.05) is 269 Å². The van der Waals surface area contributed by atoms with E-state index in [9.17, 15) is 61.0 Å². The molecule has 0 saturated carbocycles. The molecule has 0 aliphatic carbocycles. The quantitative estimate of drug-likeness (QED) is 0.0199. The molecule has 0 spiro atoms. The maximum absolute atomic E-state index is 13.4. The van der Waals surface area contributed by atoms with Crippen LogP contribution >= 0.6 is 0 Å². The molecule has 524 valence electrons. The highest BCUT2D eigenvalue weighted by molar-refractivity contribution is 5.76. The van der Waals surface area contributed by atoms with Gasteiger partial charge in [0.15, 0.2) is 18.9 Å². The van der Waals surface area contributed by atoms with Crippen molar-refractivity contribution in [3.8, 4) is 0 Å². The fourth-order valence-corrected chi connectivity index (χ4v) is 12.4. The Morgan fingerprint density at radius 2 is 0.719 bits per heavy atom. The summed E-state index contributed by atoms with van der Waals surface area (Å²) < 4.78 is 34.4. The van der Waals surface area contributed by atoms with E-state index >= 15 is 0 Å². The number of carbonyl (C=O) groups is 1. The molecule has 0 aromatic rings.